The van der Waals surface area contributed by atoms with Crippen LogP contribution < -0.4 is 14.2 Å². The molecule has 0 aliphatic carbocycles. The van der Waals surface area contributed by atoms with Crippen LogP contribution in [0.1, 0.15) is 0 Å². The molecule has 1 aromatic carbocycles. The topological polar surface area (TPSA) is 93.6 Å². The van der Waals surface area contributed by atoms with Crippen LogP contribution in [0.25, 0.3) is 11.0 Å². The molecule has 1 atom stereocenters. The Kier molecular flexibility index (Phi) is 4.35. The van der Waals surface area contributed by atoms with Crippen LogP contribution in [-0.4, -0.2) is 25.8 Å². The van der Waals surface area contributed by atoms with Crippen molar-refractivity contribution < 1.29 is 18.2 Å². The first-order valence-electron chi connectivity index (χ1n) is 6.61. The molecule has 2 heterocycles. The summed E-state index contributed by atoms with van der Waals surface area (Å²) < 4.78 is 32.8. The molecule has 0 amide bonds. The Morgan fingerprint density at radius 2 is 1.91 bits per heavy atom. The summed E-state index contributed by atoms with van der Waals surface area (Å²) in [6.07, 6.45) is 1.61. The predicted octanol–water partition coefficient (Wildman–Crippen LogP) is 2.98. The van der Waals surface area contributed by atoms with E-state index >= 15 is 0 Å². The van der Waals surface area contributed by atoms with Gasteiger partial charge in [-0.25, -0.2) is 9.19 Å². The van der Waals surface area contributed by atoms with Crippen molar-refractivity contribution >= 4 is 28.0 Å². The lowest BCUT2D eigenvalue weighted by molar-refractivity contribution is 0.399. The number of hydrogen-bond acceptors (Lipinski definition) is 5. The van der Waals surface area contributed by atoms with Crippen molar-refractivity contribution in [2.24, 2.45) is 0 Å². The zero-order chi connectivity index (χ0) is 16.2. The second-order valence-corrected chi connectivity index (χ2v) is 5.21. The third kappa shape index (κ3) is 3.55. The van der Waals surface area contributed by atoms with Crippen LogP contribution in [0.2, 0.25) is 0 Å². The van der Waals surface area contributed by atoms with Gasteiger partial charge < -0.3 is 9.47 Å². The van der Waals surface area contributed by atoms with E-state index in [4.69, 9.17) is 14.0 Å². The van der Waals surface area contributed by atoms with Crippen LogP contribution in [-0.2, 0) is 11.3 Å². The van der Waals surface area contributed by atoms with Gasteiger partial charge in [0.2, 0.25) is 5.88 Å². The fourth-order valence-electron chi connectivity index (χ4n) is 2.01. The Balaban J connectivity index is 1.87. The fraction of sp³-hybridized carbons (Fsp3) is 0.0667. The van der Waals surface area contributed by atoms with Crippen LogP contribution >= 0.6 is 0 Å². The zero-order valence-corrected chi connectivity index (χ0v) is 12.9. The number of anilines is 1. The van der Waals surface area contributed by atoms with E-state index in [1.54, 1.807) is 49.7 Å². The molecular weight excluding hydrogens is 318 g/mol. The van der Waals surface area contributed by atoms with Gasteiger partial charge in [0.1, 0.15) is 11.5 Å². The fourth-order valence-corrected chi connectivity index (χ4v) is 2.35. The number of aromatic nitrogens is 2. The van der Waals surface area contributed by atoms with E-state index in [2.05, 4.69) is 14.7 Å². The van der Waals surface area contributed by atoms with Gasteiger partial charge in [0.15, 0.2) is 5.65 Å². The summed E-state index contributed by atoms with van der Waals surface area (Å²) in [5.41, 5.74) is 1.04. The molecule has 0 radical (unpaired) electrons. The first-order chi connectivity index (χ1) is 11.2. The van der Waals surface area contributed by atoms with Gasteiger partial charge in [-0.2, -0.15) is 4.98 Å². The minimum absolute atomic E-state index is 0.481. The van der Waals surface area contributed by atoms with Crippen molar-refractivity contribution in [2.75, 3.05) is 11.8 Å². The highest BCUT2D eigenvalue weighted by Crippen LogP contribution is 2.29. The van der Waals surface area contributed by atoms with Gasteiger partial charge in [-0.05, 0) is 36.4 Å². The van der Waals surface area contributed by atoms with Gasteiger partial charge in [-0.15, -0.1) is 0 Å². The lowest BCUT2D eigenvalue weighted by atomic mass is 10.2. The smallest absolute Gasteiger partial charge is 0.259 e. The molecule has 23 heavy (non-hydrogen) atoms. The monoisotopic (exact) mass is 331 g/mol. The maximum absolute atomic E-state index is 10.7. The van der Waals surface area contributed by atoms with Crippen molar-refractivity contribution in [2.45, 2.75) is 0 Å². The first kappa shape index (κ1) is 15.2. The lowest BCUT2D eigenvalue weighted by Crippen LogP contribution is -2.01. The van der Waals surface area contributed by atoms with E-state index in [-0.39, 0.29) is 0 Å². The maximum Gasteiger partial charge on any atom is 0.259 e. The molecule has 3 aromatic rings. The molecule has 7 nitrogen and oxygen atoms in total. The molecule has 0 aliphatic heterocycles. The Morgan fingerprint density at radius 3 is 2.61 bits per heavy atom. The molecule has 8 heteroatoms. The number of ether oxygens (including phenoxy) is 2. The van der Waals surface area contributed by atoms with E-state index in [9.17, 15) is 4.21 Å². The summed E-state index contributed by atoms with van der Waals surface area (Å²) in [5, 5.41) is 0.756. The number of methoxy groups -OCH3 is 1. The number of pyridine rings is 2. The molecule has 0 saturated heterocycles. The molecule has 2 N–H and O–H groups in total. The van der Waals surface area contributed by atoms with Crippen molar-refractivity contribution in [3.63, 3.8) is 0 Å². The summed E-state index contributed by atoms with van der Waals surface area (Å²) in [6, 6.07) is 12.0. The number of hydrogen-bond donors (Lipinski definition) is 2. The summed E-state index contributed by atoms with van der Waals surface area (Å²) in [6.45, 7) is 0. The van der Waals surface area contributed by atoms with Gasteiger partial charge >= 0.3 is 0 Å². The molecule has 0 spiro atoms. The molecule has 0 bridgehead atoms. The molecular formula is C15H13N3O4S. The SMILES string of the molecule is COc1ccc2c(Oc3ccc(NS(=O)O)cc3)ccnc2n1. The molecule has 0 fully saturated rings. The number of rotatable bonds is 5. The van der Waals surface area contributed by atoms with Gasteiger partial charge in [0, 0.05) is 18.0 Å². The molecule has 118 valence electrons. The Morgan fingerprint density at radius 1 is 1.13 bits per heavy atom. The number of fused-ring (bicyclic) bond motifs is 1. The van der Waals surface area contributed by atoms with Crippen LogP contribution in [0.5, 0.6) is 17.4 Å². The highest BCUT2D eigenvalue weighted by molar-refractivity contribution is 7.80. The number of nitrogens with zero attached hydrogens (tertiary/aromatic N) is 2. The van der Waals surface area contributed by atoms with Crippen molar-refractivity contribution in [3.8, 4) is 17.4 Å². The van der Waals surface area contributed by atoms with Gasteiger partial charge in [0.05, 0.1) is 12.5 Å². The second kappa shape index (κ2) is 6.59. The Hall–Kier alpha value is -2.71. The average molecular weight is 331 g/mol. The summed E-state index contributed by atoms with van der Waals surface area (Å²) in [4.78, 5) is 8.45. The first-order valence-corrected chi connectivity index (χ1v) is 7.71. The van der Waals surface area contributed by atoms with E-state index in [1.165, 1.54) is 0 Å². The van der Waals surface area contributed by atoms with Gasteiger partial charge in [-0.3, -0.25) is 9.27 Å². The predicted molar refractivity (Wildman–Crippen MR) is 87.0 cm³/mol. The van der Waals surface area contributed by atoms with Gasteiger partial charge in [-0.1, -0.05) is 0 Å². The van der Waals surface area contributed by atoms with Crippen LogP contribution in [0.4, 0.5) is 5.69 Å². The highest BCUT2D eigenvalue weighted by Gasteiger charge is 2.07. The molecule has 0 saturated carbocycles. The lowest BCUT2D eigenvalue weighted by Gasteiger charge is -2.09. The third-order valence-electron chi connectivity index (χ3n) is 3.03. The second-order valence-electron chi connectivity index (χ2n) is 4.51. The quantitative estimate of drug-likeness (QED) is 0.698. The molecule has 3 rings (SSSR count). The molecule has 1 unspecified atom stereocenters. The summed E-state index contributed by atoms with van der Waals surface area (Å²) in [7, 11) is 1.55. The summed E-state index contributed by atoms with van der Waals surface area (Å²) in [5.74, 6) is 1.67. The average Bonchev–Trinajstić information content (AvgIpc) is 2.56. The maximum atomic E-state index is 10.7. The van der Waals surface area contributed by atoms with Crippen molar-refractivity contribution in [1.82, 2.24) is 9.97 Å². The number of nitrogens with one attached hydrogen (secondary N) is 1. The standard InChI is InChI=1S/C15H13N3O4S/c1-21-14-7-6-12-13(8-9-16-15(12)17-14)22-11-4-2-10(3-5-11)18-23(19)20/h2-9,18H,1H3,(H,19,20). The van der Waals surface area contributed by atoms with E-state index in [0.29, 0.717) is 28.7 Å². The minimum Gasteiger partial charge on any atom is -0.481 e. The van der Waals surface area contributed by atoms with Crippen molar-refractivity contribution in [3.05, 3.63) is 48.7 Å². The van der Waals surface area contributed by atoms with Crippen LogP contribution in [0.3, 0.4) is 0 Å². The zero-order valence-electron chi connectivity index (χ0n) is 12.1. The third-order valence-corrected chi connectivity index (χ3v) is 3.44. The van der Waals surface area contributed by atoms with E-state index in [1.807, 2.05) is 6.07 Å². The molecule has 2 aromatic heterocycles. The normalized spacial score (nSPS) is 11.9. The van der Waals surface area contributed by atoms with E-state index in [0.717, 1.165) is 5.39 Å². The number of benzene rings is 1. The van der Waals surface area contributed by atoms with Crippen LogP contribution in [0, 0.1) is 0 Å². The Bertz CT molecular complexity index is 855. The molecule has 0 aliphatic rings. The van der Waals surface area contributed by atoms with E-state index < -0.39 is 11.3 Å². The van der Waals surface area contributed by atoms with Crippen LogP contribution in [0.15, 0.2) is 48.7 Å². The Labute approximate surface area is 134 Å². The highest BCUT2D eigenvalue weighted by atomic mass is 32.2. The summed E-state index contributed by atoms with van der Waals surface area (Å²) >= 11 is -2.10. The van der Waals surface area contributed by atoms with Gasteiger partial charge in [0.25, 0.3) is 11.3 Å². The van der Waals surface area contributed by atoms with Crippen molar-refractivity contribution in [1.29, 1.82) is 0 Å². The minimum atomic E-state index is -2.10. The largest absolute Gasteiger partial charge is 0.481 e.